The molecule has 1 aliphatic rings. The number of hydrogen-bond donors (Lipinski definition) is 2. The summed E-state index contributed by atoms with van der Waals surface area (Å²) >= 11 is 7.75. The molecule has 174 valence electrons. The number of fused-ring (bicyclic) bond motifs is 3. The topological polar surface area (TPSA) is 78.5 Å². The number of nitrogens with one attached hydrogen (secondary N) is 2. The van der Waals surface area contributed by atoms with Gasteiger partial charge in [-0.15, -0.1) is 11.8 Å². The van der Waals surface area contributed by atoms with E-state index < -0.39 is 0 Å². The first-order valence-corrected chi connectivity index (χ1v) is 12.4. The molecule has 35 heavy (non-hydrogen) atoms. The maximum Gasteiger partial charge on any atom is 0.257 e. The van der Waals surface area contributed by atoms with Crippen LogP contribution in [-0.2, 0) is 9.59 Å². The van der Waals surface area contributed by atoms with Crippen LogP contribution in [0.2, 0.25) is 5.02 Å². The second-order valence-corrected chi connectivity index (χ2v) is 9.27. The first kappa shape index (κ1) is 23.0. The molecular weight excluding hydrogens is 482 g/mol. The number of hydrogen-bond acceptors (Lipinski definition) is 4. The van der Waals surface area contributed by atoms with E-state index in [1.54, 1.807) is 36.4 Å². The highest BCUT2D eigenvalue weighted by Gasteiger charge is 2.28. The molecule has 0 aromatic heterocycles. The lowest BCUT2D eigenvalue weighted by atomic mass is 10.1. The van der Waals surface area contributed by atoms with Crippen molar-refractivity contribution in [1.82, 2.24) is 0 Å². The van der Waals surface area contributed by atoms with Crippen molar-refractivity contribution in [1.29, 1.82) is 0 Å². The fourth-order valence-electron chi connectivity index (χ4n) is 4.09. The van der Waals surface area contributed by atoms with E-state index in [2.05, 4.69) is 10.6 Å². The molecule has 1 aliphatic heterocycles. The molecule has 0 bridgehead atoms. The lowest BCUT2D eigenvalue weighted by molar-refractivity contribution is -0.124. The van der Waals surface area contributed by atoms with Gasteiger partial charge in [0.2, 0.25) is 11.8 Å². The van der Waals surface area contributed by atoms with Gasteiger partial charge < -0.3 is 10.6 Å². The number of nitrogens with zero attached hydrogens (tertiary/aromatic N) is 1. The van der Waals surface area contributed by atoms with E-state index in [4.69, 9.17) is 11.6 Å². The third-order valence-electron chi connectivity index (χ3n) is 5.78. The monoisotopic (exact) mass is 501 g/mol. The zero-order valence-corrected chi connectivity index (χ0v) is 20.2. The van der Waals surface area contributed by atoms with Crippen LogP contribution in [-0.4, -0.2) is 24.0 Å². The van der Waals surface area contributed by atoms with E-state index in [-0.39, 0.29) is 24.1 Å². The van der Waals surface area contributed by atoms with Crippen molar-refractivity contribution in [3.8, 4) is 0 Å². The summed E-state index contributed by atoms with van der Waals surface area (Å²) < 4.78 is 0. The predicted molar refractivity (Wildman–Crippen MR) is 142 cm³/mol. The number of benzene rings is 4. The summed E-state index contributed by atoms with van der Waals surface area (Å²) in [6, 6.07) is 23.7. The minimum Gasteiger partial charge on any atom is -0.323 e. The molecule has 4 aromatic carbocycles. The molecule has 2 N–H and O–H groups in total. The number of carbonyl (C=O) groups is 3. The van der Waals surface area contributed by atoms with Gasteiger partial charge in [-0.05, 0) is 60.2 Å². The van der Waals surface area contributed by atoms with Crippen LogP contribution in [0.5, 0.6) is 0 Å². The molecule has 0 atom stereocenters. The molecule has 0 fully saturated rings. The van der Waals surface area contributed by atoms with E-state index >= 15 is 0 Å². The van der Waals surface area contributed by atoms with Gasteiger partial charge in [-0.1, -0.05) is 41.9 Å². The number of halogens is 1. The van der Waals surface area contributed by atoms with Crippen LogP contribution in [0.15, 0.2) is 83.8 Å². The molecular formula is C27H20ClN3O3S. The number of thioether (sulfide) groups is 1. The van der Waals surface area contributed by atoms with Gasteiger partial charge in [-0.3, -0.25) is 19.3 Å². The Morgan fingerprint density at radius 3 is 2.54 bits per heavy atom. The Bertz CT molecular complexity index is 1490. The summed E-state index contributed by atoms with van der Waals surface area (Å²) in [6.45, 7) is 0. The third kappa shape index (κ3) is 4.48. The first-order chi connectivity index (χ1) is 16.9. The van der Waals surface area contributed by atoms with Crippen LogP contribution >= 0.6 is 23.4 Å². The lowest BCUT2D eigenvalue weighted by Crippen LogP contribution is -2.26. The molecule has 0 aliphatic carbocycles. The maximum atomic E-state index is 13.0. The van der Waals surface area contributed by atoms with Crippen molar-refractivity contribution in [3.05, 3.63) is 89.4 Å². The normalized spacial score (nSPS) is 13.3. The van der Waals surface area contributed by atoms with Crippen molar-refractivity contribution in [3.63, 3.8) is 0 Å². The smallest absolute Gasteiger partial charge is 0.257 e. The number of anilines is 4. The Hall–Kier alpha value is -3.81. The van der Waals surface area contributed by atoms with Crippen molar-refractivity contribution < 1.29 is 14.4 Å². The van der Waals surface area contributed by atoms with Crippen LogP contribution in [0, 0.1) is 0 Å². The second-order valence-electron chi connectivity index (χ2n) is 7.98. The van der Waals surface area contributed by atoms with Gasteiger partial charge in [0.15, 0.2) is 0 Å². The Morgan fingerprint density at radius 2 is 1.77 bits per heavy atom. The highest BCUT2D eigenvalue weighted by atomic mass is 35.5. The van der Waals surface area contributed by atoms with E-state index in [0.717, 1.165) is 15.7 Å². The molecule has 8 heteroatoms. The van der Waals surface area contributed by atoms with Crippen LogP contribution in [0.1, 0.15) is 16.8 Å². The molecule has 3 amide bonds. The molecule has 5 rings (SSSR count). The van der Waals surface area contributed by atoms with E-state index in [0.29, 0.717) is 33.3 Å². The minimum absolute atomic E-state index is 0.272. The summed E-state index contributed by atoms with van der Waals surface area (Å²) in [6.07, 6.45) is 1.66. The maximum absolute atomic E-state index is 13.0. The number of amides is 3. The standard InChI is InChI=1S/C27H20ClN3O3S/c1-35-19-11-12-22(28)21(14-19)27(34)29-17-7-9-18(10-8-17)31-23-13-6-16-4-2-3-5-20(16)26(23)30-24(32)15-25(31)33/h2-14H,15H2,1H3,(H,29,34)(H,30,32). The van der Waals surface area contributed by atoms with Crippen molar-refractivity contribution in [2.45, 2.75) is 11.3 Å². The summed E-state index contributed by atoms with van der Waals surface area (Å²) in [5.74, 6) is -1.02. The largest absolute Gasteiger partial charge is 0.323 e. The Morgan fingerprint density at radius 1 is 1.00 bits per heavy atom. The average Bonchev–Trinajstić information content (AvgIpc) is 2.99. The van der Waals surface area contributed by atoms with Gasteiger partial charge in [0.1, 0.15) is 6.42 Å². The Kier molecular flexibility index (Phi) is 6.19. The van der Waals surface area contributed by atoms with Gasteiger partial charge in [0.05, 0.1) is 22.0 Å². The average molecular weight is 502 g/mol. The third-order valence-corrected chi connectivity index (χ3v) is 6.83. The number of carbonyl (C=O) groups excluding carboxylic acids is 3. The SMILES string of the molecule is CSc1ccc(Cl)c(C(=O)Nc2ccc(N3C(=O)CC(=O)Nc4c3ccc3ccccc43)cc2)c1. The van der Waals surface area contributed by atoms with Gasteiger partial charge in [-0.2, -0.15) is 0 Å². The Balaban J connectivity index is 1.47. The van der Waals surface area contributed by atoms with Crippen molar-refractivity contribution in [2.24, 2.45) is 0 Å². The molecule has 0 saturated heterocycles. The van der Waals surface area contributed by atoms with Gasteiger partial charge in [0, 0.05) is 21.7 Å². The fraction of sp³-hybridized carbons (Fsp3) is 0.0741. The molecule has 6 nitrogen and oxygen atoms in total. The fourth-order valence-corrected chi connectivity index (χ4v) is 4.74. The molecule has 0 spiro atoms. The molecule has 1 heterocycles. The second kappa shape index (κ2) is 9.44. The molecule has 0 radical (unpaired) electrons. The van der Waals surface area contributed by atoms with E-state index in [1.807, 2.05) is 48.7 Å². The van der Waals surface area contributed by atoms with Crippen LogP contribution < -0.4 is 15.5 Å². The first-order valence-electron chi connectivity index (χ1n) is 10.8. The highest BCUT2D eigenvalue weighted by Crippen LogP contribution is 2.40. The molecule has 0 unspecified atom stereocenters. The van der Waals surface area contributed by atoms with E-state index in [1.165, 1.54) is 16.7 Å². The predicted octanol–water partition coefficient (Wildman–Crippen LogP) is 6.47. The zero-order chi connectivity index (χ0) is 24.5. The highest BCUT2D eigenvalue weighted by molar-refractivity contribution is 7.98. The minimum atomic E-state index is -0.358. The Labute approximate surface area is 211 Å². The molecule has 0 saturated carbocycles. The zero-order valence-electron chi connectivity index (χ0n) is 18.7. The van der Waals surface area contributed by atoms with Gasteiger partial charge in [-0.25, -0.2) is 0 Å². The van der Waals surface area contributed by atoms with Crippen LogP contribution in [0.3, 0.4) is 0 Å². The van der Waals surface area contributed by atoms with Crippen molar-refractivity contribution >= 4 is 74.6 Å². The van der Waals surface area contributed by atoms with Crippen molar-refractivity contribution in [2.75, 3.05) is 21.8 Å². The number of rotatable bonds is 4. The van der Waals surface area contributed by atoms with Gasteiger partial charge in [0.25, 0.3) is 5.91 Å². The lowest BCUT2D eigenvalue weighted by Gasteiger charge is -2.23. The van der Waals surface area contributed by atoms with Crippen LogP contribution in [0.25, 0.3) is 10.8 Å². The summed E-state index contributed by atoms with van der Waals surface area (Å²) in [5.41, 5.74) is 2.72. The van der Waals surface area contributed by atoms with E-state index in [9.17, 15) is 14.4 Å². The van der Waals surface area contributed by atoms with Crippen LogP contribution in [0.4, 0.5) is 22.7 Å². The quantitative estimate of drug-likeness (QED) is 0.248. The summed E-state index contributed by atoms with van der Waals surface area (Å²) in [4.78, 5) is 40.8. The summed E-state index contributed by atoms with van der Waals surface area (Å²) in [7, 11) is 0. The molecule has 4 aromatic rings. The van der Waals surface area contributed by atoms with Gasteiger partial charge >= 0.3 is 0 Å². The summed E-state index contributed by atoms with van der Waals surface area (Å²) in [5, 5.41) is 7.93.